The van der Waals surface area contributed by atoms with Gasteiger partial charge < -0.3 is 25.7 Å². The van der Waals surface area contributed by atoms with Crippen molar-refractivity contribution < 1.29 is 24.2 Å². The third-order valence-corrected chi connectivity index (χ3v) is 7.23. The molecule has 1 aliphatic carbocycles. The van der Waals surface area contributed by atoms with E-state index in [-0.39, 0.29) is 6.42 Å². The first kappa shape index (κ1) is 27.0. The minimum absolute atomic E-state index is 0.275. The van der Waals surface area contributed by atoms with Gasteiger partial charge in [0.15, 0.2) is 0 Å². The van der Waals surface area contributed by atoms with E-state index < -0.39 is 36.3 Å². The molecule has 4 N–H and O–H groups in total. The Morgan fingerprint density at radius 3 is 2.62 bits per heavy atom. The molecular weight excluding hydrogens is 475 g/mol. The molecule has 1 aromatic heterocycles. The molecule has 2 aliphatic rings. The molecule has 8 nitrogen and oxygen atoms in total. The van der Waals surface area contributed by atoms with Gasteiger partial charge in [0, 0.05) is 24.8 Å². The summed E-state index contributed by atoms with van der Waals surface area (Å²) in [5.41, 5.74) is 2.83. The van der Waals surface area contributed by atoms with Gasteiger partial charge in [-0.05, 0) is 87.2 Å². The zero-order chi connectivity index (χ0) is 26.2. The van der Waals surface area contributed by atoms with Crippen LogP contribution in [0.15, 0.2) is 36.4 Å². The number of aliphatic hydroxyl groups is 1. The van der Waals surface area contributed by atoms with E-state index in [0.717, 1.165) is 69.5 Å². The van der Waals surface area contributed by atoms with Crippen molar-refractivity contribution >= 4 is 17.7 Å². The first-order chi connectivity index (χ1) is 17.9. The Kier molecular flexibility index (Phi) is 9.46. The zero-order valence-corrected chi connectivity index (χ0v) is 21.2. The molecule has 1 aromatic carbocycles. The number of aromatic nitrogens is 1. The van der Waals surface area contributed by atoms with E-state index in [0.29, 0.717) is 18.2 Å². The van der Waals surface area contributed by atoms with E-state index in [1.807, 2.05) is 0 Å². The van der Waals surface area contributed by atoms with Crippen LogP contribution in [-0.2, 0) is 22.4 Å². The van der Waals surface area contributed by atoms with Crippen LogP contribution in [0.5, 0.6) is 0 Å². The Labute approximate surface area is 217 Å². The van der Waals surface area contributed by atoms with Crippen LogP contribution in [0.4, 0.5) is 10.2 Å². The van der Waals surface area contributed by atoms with E-state index in [1.54, 1.807) is 0 Å². The van der Waals surface area contributed by atoms with E-state index in [2.05, 4.69) is 27.7 Å². The van der Waals surface area contributed by atoms with E-state index in [9.17, 15) is 24.2 Å². The zero-order valence-electron chi connectivity index (χ0n) is 21.2. The number of amides is 1. The summed E-state index contributed by atoms with van der Waals surface area (Å²) < 4.78 is 13.2. The maximum Gasteiger partial charge on any atom is 0.326 e. The highest BCUT2D eigenvalue weighted by Crippen LogP contribution is 2.28. The molecule has 2 aromatic rings. The molecule has 1 saturated carbocycles. The first-order valence-corrected chi connectivity index (χ1v) is 13.3. The highest BCUT2D eigenvalue weighted by atomic mass is 19.1. The third kappa shape index (κ3) is 7.72. The number of carbonyl (C=O) groups excluding carboxylic acids is 1. The number of aliphatic hydroxyl groups excluding tert-OH is 1. The van der Waals surface area contributed by atoms with Crippen LogP contribution in [0, 0.1) is 5.82 Å². The number of nitrogens with one attached hydrogen (secondary N) is 2. The Morgan fingerprint density at radius 1 is 1.14 bits per heavy atom. The SMILES string of the molecule is O=C(O)C(CCN(CCCCc1ccc2c(n1)NCCC2)C1CC1)NC(=O)C(CO)c1ccc(F)cc1. The van der Waals surface area contributed by atoms with Crippen LogP contribution in [0.25, 0.3) is 0 Å². The lowest BCUT2D eigenvalue weighted by atomic mass is 9.98. The molecule has 37 heavy (non-hydrogen) atoms. The van der Waals surface area contributed by atoms with Gasteiger partial charge in [-0.25, -0.2) is 14.2 Å². The lowest BCUT2D eigenvalue weighted by molar-refractivity contribution is -0.142. The summed E-state index contributed by atoms with van der Waals surface area (Å²) in [5, 5.41) is 25.4. The van der Waals surface area contributed by atoms with E-state index >= 15 is 0 Å². The fourth-order valence-corrected chi connectivity index (χ4v) is 4.91. The largest absolute Gasteiger partial charge is 0.480 e. The molecule has 0 bridgehead atoms. The molecule has 2 heterocycles. The van der Waals surface area contributed by atoms with Gasteiger partial charge in [0.2, 0.25) is 5.91 Å². The number of rotatable bonds is 14. The molecule has 1 amide bonds. The van der Waals surface area contributed by atoms with E-state index in [4.69, 9.17) is 4.98 Å². The highest BCUT2D eigenvalue weighted by Gasteiger charge is 2.31. The average Bonchev–Trinajstić information content (AvgIpc) is 3.74. The Bertz CT molecular complexity index is 1060. The number of nitrogens with zero attached hydrogens (tertiary/aromatic N) is 2. The van der Waals surface area contributed by atoms with Crippen molar-refractivity contribution in [1.82, 2.24) is 15.2 Å². The molecule has 0 spiro atoms. The summed E-state index contributed by atoms with van der Waals surface area (Å²) in [4.78, 5) is 31.7. The summed E-state index contributed by atoms with van der Waals surface area (Å²) >= 11 is 0. The number of benzene rings is 1. The number of carboxylic acid groups (broad SMARTS) is 1. The van der Waals surface area contributed by atoms with Crippen LogP contribution < -0.4 is 10.6 Å². The Hall–Kier alpha value is -3.04. The number of pyridine rings is 1. The number of hydrogen-bond acceptors (Lipinski definition) is 6. The van der Waals surface area contributed by atoms with Crippen molar-refractivity contribution in [3.8, 4) is 0 Å². The molecule has 200 valence electrons. The molecule has 0 radical (unpaired) electrons. The maximum absolute atomic E-state index is 13.2. The lowest BCUT2D eigenvalue weighted by Gasteiger charge is -2.25. The number of halogens is 1. The first-order valence-electron chi connectivity index (χ1n) is 13.3. The number of carboxylic acids is 1. The third-order valence-electron chi connectivity index (χ3n) is 7.23. The van der Waals surface area contributed by atoms with Gasteiger partial charge in [-0.1, -0.05) is 18.2 Å². The second kappa shape index (κ2) is 13.0. The number of unbranched alkanes of at least 4 members (excludes halogenated alkanes) is 1. The number of fused-ring (bicyclic) bond motifs is 1. The Morgan fingerprint density at radius 2 is 1.92 bits per heavy atom. The quantitative estimate of drug-likeness (QED) is 0.288. The standard InChI is InChI=1S/C28H37FN4O4/c29-21-9-6-19(7-10-21)24(18-34)27(35)32-25(28(36)37)14-17-33(23-12-13-23)16-2-1-5-22-11-8-20-4-3-15-30-26(20)31-22/h6-11,23-25,34H,1-5,12-18H2,(H,30,31)(H,32,35)(H,36,37). The topological polar surface area (TPSA) is 115 Å². The molecule has 9 heteroatoms. The summed E-state index contributed by atoms with van der Waals surface area (Å²) in [6.07, 6.45) is 7.63. The maximum atomic E-state index is 13.2. The fourth-order valence-electron chi connectivity index (χ4n) is 4.91. The van der Waals surface area contributed by atoms with Crippen LogP contribution in [0.3, 0.4) is 0 Å². The van der Waals surface area contributed by atoms with Gasteiger partial charge in [0.05, 0.1) is 12.5 Å². The molecule has 2 atom stereocenters. The predicted molar refractivity (Wildman–Crippen MR) is 139 cm³/mol. The molecule has 1 aliphatic heterocycles. The number of carbonyl (C=O) groups is 2. The van der Waals surface area contributed by atoms with Gasteiger partial charge in [0.25, 0.3) is 0 Å². The number of aliphatic carboxylic acids is 1. The number of aryl methyl sites for hydroxylation is 2. The second-order valence-corrected chi connectivity index (χ2v) is 10.0. The normalized spacial score (nSPS) is 16.5. The number of hydrogen-bond donors (Lipinski definition) is 4. The van der Waals surface area contributed by atoms with Gasteiger partial charge >= 0.3 is 5.97 Å². The van der Waals surface area contributed by atoms with Gasteiger partial charge in [0.1, 0.15) is 17.7 Å². The van der Waals surface area contributed by atoms with Crippen molar-refractivity contribution in [3.63, 3.8) is 0 Å². The smallest absolute Gasteiger partial charge is 0.326 e. The number of anilines is 1. The van der Waals surface area contributed by atoms with Gasteiger partial charge in [-0.2, -0.15) is 0 Å². The molecule has 0 saturated heterocycles. The van der Waals surface area contributed by atoms with Crippen molar-refractivity contribution in [2.45, 2.75) is 69.4 Å². The van der Waals surface area contributed by atoms with Crippen LogP contribution in [0.2, 0.25) is 0 Å². The lowest BCUT2D eigenvalue weighted by Crippen LogP contribution is -2.45. The van der Waals surface area contributed by atoms with Gasteiger partial charge in [-0.3, -0.25) is 4.79 Å². The summed E-state index contributed by atoms with van der Waals surface area (Å²) in [6.45, 7) is 1.93. The van der Waals surface area contributed by atoms with Crippen molar-refractivity contribution in [2.24, 2.45) is 0 Å². The molecule has 4 rings (SSSR count). The van der Waals surface area contributed by atoms with Crippen LogP contribution in [0.1, 0.15) is 61.3 Å². The van der Waals surface area contributed by atoms with Crippen LogP contribution >= 0.6 is 0 Å². The molecule has 2 unspecified atom stereocenters. The Balaban J connectivity index is 1.25. The van der Waals surface area contributed by atoms with Gasteiger partial charge in [-0.15, -0.1) is 0 Å². The summed E-state index contributed by atoms with van der Waals surface area (Å²) in [7, 11) is 0. The summed E-state index contributed by atoms with van der Waals surface area (Å²) in [6, 6.07) is 9.00. The fraction of sp³-hybridized carbons (Fsp3) is 0.536. The predicted octanol–water partition coefficient (Wildman–Crippen LogP) is 3.10. The van der Waals surface area contributed by atoms with Crippen molar-refractivity contribution in [2.75, 3.05) is 31.6 Å². The molecule has 1 fully saturated rings. The van der Waals surface area contributed by atoms with Crippen molar-refractivity contribution in [1.29, 1.82) is 0 Å². The minimum atomic E-state index is -1.10. The van der Waals surface area contributed by atoms with E-state index in [1.165, 1.54) is 29.8 Å². The average molecular weight is 513 g/mol. The summed E-state index contributed by atoms with van der Waals surface area (Å²) in [5.74, 6) is -2.05. The van der Waals surface area contributed by atoms with Crippen molar-refractivity contribution in [3.05, 3.63) is 59.0 Å². The monoisotopic (exact) mass is 512 g/mol. The minimum Gasteiger partial charge on any atom is -0.480 e. The second-order valence-electron chi connectivity index (χ2n) is 10.0. The molecular formula is C28H37FN4O4. The highest BCUT2D eigenvalue weighted by molar-refractivity contribution is 5.88. The van der Waals surface area contributed by atoms with Crippen LogP contribution in [-0.4, -0.2) is 70.3 Å².